The zero-order valence-corrected chi connectivity index (χ0v) is 10.8. The molecule has 0 spiro atoms. The lowest BCUT2D eigenvalue weighted by molar-refractivity contribution is -0.143. The van der Waals surface area contributed by atoms with Crippen molar-refractivity contribution in [3.63, 3.8) is 0 Å². The third-order valence-corrected chi connectivity index (χ3v) is 1.79. The molecule has 0 fully saturated rings. The van der Waals surface area contributed by atoms with Gasteiger partial charge in [-0.05, 0) is 27.7 Å². The molecule has 0 aromatic heterocycles. The number of ether oxygens (including phenoxy) is 1. The van der Waals surface area contributed by atoms with Crippen LogP contribution in [-0.2, 0) is 9.53 Å². The van der Waals surface area contributed by atoms with E-state index >= 15 is 0 Å². The van der Waals surface area contributed by atoms with Gasteiger partial charge in [0, 0.05) is 19.1 Å². The average molecular weight is 230 g/mol. The van der Waals surface area contributed by atoms with E-state index in [2.05, 4.69) is 5.32 Å². The Bertz CT molecular complexity index is 246. The van der Waals surface area contributed by atoms with Gasteiger partial charge in [-0.15, -0.1) is 0 Å². The van der Waals surface area contributed by atoms with Gasteiger partial charge in [-0.2, -0.15) is 0 Å². The maximum Gasteiger partial charge on any atom is 0.317 e. The summed E-state index contributed by atoms with van der Waals surface area (Å²) in [7, 11) is 1.65. The van der Waals surface area contributed by atoms with Crippen LogP contribution in [0.5, 0.6) is 0 Å². The summed E-state index contributed by atoms with van der Waals surface area (Å²) in [5.41, 5.74) is -0.269. The lowest BCUT2D eigenvalue weighted by Crippen LogP contribution is -2.47. The molecule has 0 aromatic rings. The van der Waals surface area contributed by atoms with Gasteiger partial charge in [0.1, 0.15) is 0 Å². The zero-order valence-electron chi connectivity index (χ0n) is 10.8. The van der Waals surface area contributed by atoms with Crippen LogP contribution in [0.25, 0.3) is 0 Å². The summed E-state index contributed by atoms with van der Waals surface area (Å²) < 4.78 is 4.78. The van der Waals surface area contributed by atoms with Crippen LogP contribution in [0.1, 0.15) is 34.1 Å². The predicted molar refractivity (Wildman–Crippen MR) is 62.2 cm³/mol. The largest absolute Gasteiger partial charge is 0.466 e. The third kappa shape index (κ3) is 7.09. The van der Waals surface area contributed by atoms with Crippen molar-refractivity contribution in [3.8, 4) is 0 Å². The monoisotopic (exact) mass is 230 g/mol. The fraction of sp³-hybridized carbons (Fsp3) is 0.818. The molecule has 5 nitrogen and oxygen atoms in total. The number of nitrogens with one attached hydrogen (secondary N) is 1. The Balaban J connectivity index is 3.93. The van der Waals surface area contributed by atoms with Crippen molar-refractivity contribution in [2.75, 3.05) is 20.2 Å². The molecule has 0 atom stereocenters. The minimum atomic E-state index is -0.280. The number of hydrogen-bond acceptors (Lipinski definition) is 3. The molecule has 2 amide bonds. The maximum absolute atomic E-state index is 11.6. The minimum absolute atomic E-state index is 0.184. The fourth-order valence-corrected chi connectivity index (χ4v) is 1.01. The first-order chi connectivity index (χ1) is 7.26. The summed E-state index contributed by atoms with van der Waals surface area (Å²) in [6, 6.07) is -0.184. The van der Waals surface area contributed by atoms with Crippen molar-refractivity contribution in [3.05, 3.63) is 0 Å². The Morgan fingerprint density at radius 2 is 1.88 bits per heavy atom. The quantitative estimate of drug-likeness (QED) is 0.742. The van der Waals surface area contributed by atoms with E-state index in [0.29, 0.717) is 13.2 Å². The van der Waals surface area contributed by atoms with Crippen molar-refractivity contribution < 1.29 is 14.3 Å². The SMILES string of the molecule is CCOC(=O)CCN(C)C(=O)NC(C)(C)C. The summed E-state index contributed by atoms with van der Waals surface area (Å²) in [5.74, 6) is -0.280. The molecule has 0 aliphatic rings. The van der Waals surface area contributed by atoms with Crippen LogP contribution in [0.3, 0.4) is 0 Å². The molecule has 0 heterocycles. The molecule has 0 bridgehead atoms. The molecule has 0 rings (SSSR count). The molecule has 0 radical (unpaired) electrons. The molecule has 0 aliphatic heterocycles. The van der Waals surface area contributed by atoms with Gasteiger partial charge in [0.05, 0.1) is 13.0 Å². The average Bonchev–Trinajstić information content (AvgIpc) is 2.11. The second kappa shape index (κ2) is 6.35. The van der Waals surface area contributed by atoms with Gasteiger partial charge >= 0.3 is 12.0 Å². The zero-order chi connectivity index (χ0) is 12.8. The minimum Gasteiger partial charge on any atom is -0.466 e. The molecule has 16 heavy (non-hydrogen) atoms. The highest BCUT2D eigenvalue weighted by Gasteiger charge is 2.17. The molecule has 0 aromatic carbocycles. The Kier molecular flexibility index (Phi) is 5.85. The fourth-order valence-electron chi connectivity index (χ4n) is 1.01. The number of carbonyl (C=O) groups excluding carboxylic acids is 2. The number of urea groups is 1. The number of rotatable bonds is 4. The lowest BCUT2D eigenvalue weighted by Gasteiger charge is -2.25. The van der Waals surface area contributed by atoms with Crippen LogP contribution >= 0.6 is 0 Å². The third-order valence-electron chi connectivity index (χ3n) is 1.79. The van der Waals surface area contributed by atoms with E-state index in [1.165, 1.54) is 4.90 Å². The Morgan fingerprint density at radius 1 is 1.31 bits per heavy atom. The summed E-state index contributed by atoms with van der Waals surface area (Å²) in [6.45, 7) is 8.21. The number of nitrogens with zero attached hydrogens (tertiary/aromatic N) is 1. The van der Waals surface area contributed by atoms with E-state index in [-0.39, 0.29) is 24.0 Å². The van der Waals surface area contributed by atoms with Crippen molar-refractivity contribution in [1.82, 2.24) is 10.2 Å². The highest BCUT2D eigenvalue weighted by Crippen LogP contribution is 2.00. The second-order valence-electron chi connectivity index (χ2n) is 4.66. The second-order valence-corrected chi connectivity index (χ2v) is 4.66. The lowest BCUT2D eigenvalue weighted by atomic mass is 10.1. The van der Waals surface area contributed by atoms with Crippen LogP contribution < -0.4 is 5.32 Å². The highest BCUT2D eigenvalue weighted by molar-refractivity contribution is 5.76. The topological polar surface area (TPSA) is 58.6 Å². The molecule has 1 N–H and O–H groups in total. The van der Waals surface area contributed by atoms with Gasteiger partial charge < -0.3 is 15.0 Å². The first-order valence-corrected chi connectivity index (χ1v) is 5.45. The number of esters is 1. The molecular formula is C11H22N2O3. The van der Waals surface area contributed by atoms with Gasteiger partial charge in [-0.3, -0.25) is 4.79 Å². The molecule has 0 unspecified atom stereocenters. The van der Waals surface area contributed by atoms with Crippen molar-refractivity contribution in [2.45, 2.75) is 39.7 Å². The normalized spacial score (nSPS) is 10.8. The van der Waals surface area contributed by atoms with E-state index in [1.807, 2.05) is 20.8 Å². The van der Waals surface area contributed by atoms with Gasteiger partial charge in [-0.1, -0.05) is 0 Å². The number of amides is 2. The van der Waals surface area contributed by atoms with E-state index in [1.54, 1.807) is 14.0 Å². The van der Waals surface area contributed by atoms with E-state index < -0.39 is 0 Å². The molecule has 0 saturated carbocycles. The molecule has 5 heteroatoms. The van der Waals surface area contributed by atoms with Crippen molar-refractivity contribution >= 4 is 12.0 Å². The first kappa shape index (κ1) is 14.7. The smallest absolute Gasteiger partial charge is 0.317 e. The van der Waals surface area contributed by atoms with Crippen molar-refractivity contribution in [1.29, 1.82) is 0 Å². The predicted octanol–water partition coefficient (Wildman–Crippen LogP) is 1.38. The molecule has 94 valence electrons. The highest BCUT2D eigenvalue weighted by atomic mass is 16.5. The van der Waals surface area contributed by atoms with E-state index in [4.69, 9.17) is 4.74 Å². The Morgan fingerprint density at radius 3 is 2.31 bits per heavy atom. The van der Waals surface area contributed by atoms with Crippen LogP contribution in [0.4, 0.5) is 4.79 Å². The Hall–Kier alpha value is -1.26. The van der Waals surface area contributed by atoms with Gasteiger partial charge in [0.2, 0.25) is 0 Å². The standard InChI is InChI=1S/C11H22N2O3/c1-6-16-9(14)7-8-13(5)10(15)12-11(2,3)4/h6-8H2,1-5H3,(H,12,15). The van der Waals surface area contributed by atoms with Crippen LogP contribution in [0.15, 0.2) is 0 Å². The van der Waals surface area contributed by atoms with Crippen molar-refractivity contribution in [2.24, 2.45) is 0 Å². The van der Waals surface area contributed by atoms with Crippen LogP contribution in [0, 0.1) is 0 Å². The van der Waals surface area contributed by atoms with Gasteiger partial charge in [0.15, 0.2) is 0 Å². The van der Waals surface area contributed by atoms with E-state index in [9.17, 15) is 9.59 Å². The Labute approximate surface area is 97.1 Å². The molecular weight excluding hydrogens is 208 g/mol. The molecule has 0 aliphatic carbocycles. The van der Waals surface area contributed by atoms with Gasteiger partial charge in [-0.25, -0.2) is 4.79 Å². The number of carbonyl (C=O) groups is 2. The van der Waals surface area contributed by atoms with E-state index in [0.717, 1.165) is 0 Å². The van der Waals surface area contributed by atoms with Crippen LogP contribution in [0.2, 0.25) is 0 Å². The molecule has 0 saturated heterocycles. The maximum atomic E-state index is 11.6. The summed E-state index contributed by atoms with van der Waals surface area (Å²) in [4.78, 5) is 24.1. The summed E-state index contributed by atoms with van der Waals surface area (Å²) in [5, 5.41) is 2.81. The summed E-state index contributed by atoms with van der Waals surface area (Å²) >= 11 is 0. The van der Waals surface area contributed by atoms with Gasteiger partial charge in [0.25, 0.3) is 0 Å². The summed E-state index contributed by atoms with van der Waals surface area (Å²) in [6.07, 6.45) is 0.224. The first-order valence-electron chi connectivity index (χ1n) is 5.45. The number of hydrogen-bond donors (Lipinski definition) is 1. The van der Waals surface area contributed by atoms with Crippen LogP contribution in [-0.4, -0.2) is 42.6 Å².